The van der Waals surface area contributed by atoms with E-state index in [0.717, 1.165) is 19.3 Å². The number of ketones is 2. The van der Waals surface area contributed by atoms with Crippen LogP contribution in [0.4, 0.5) is 0 Å². The summed E-state index contributed by atoms with van der Waals surface area (Å²) in [6.07, 6.45) is 3.76. The normalized spacial score (nSPS) is 11.2. The van der Waals surface area contributed by atoms with Crippen molar-refractivity contribution in [1.29, 1.82) is 0 Å². The molecule has 3 rings (SSSR count). The van der Waals surface area contributed by atoms with E-state index in [1.165, 1.54) is 6.07 Å². The van der Waals surface area contributed by atoms with Crippen molar-refractivity contribution in [3.8, 4) is 11.5 Å². The standard InChI is InChI=1S/C24H24I2O5/c1-3-5-7-15(27)8-13-11-21-16(12-19(13)28)22(20(31-21)6-4-2)23(29)14-9-17(25)24(30)18(26)10-14/h9-12,28,30H,3-8H2,1-2H3. The van der Waals surface area contributed by atoms with Crippen LogP contribution in [0.5, 0.6) is 11.5 Å². The van der Waals surface area contributed by atoms with Crippen LogP contribution in [0.25, 0.3) is 11.0 Å². The summed E-state index contributed by atoms with van der Waals surface area (Å²) >= 11 is 4.00. The van der Waals surface area contributed by atoms with Gasteiger partial charge in [0.2, 0.25) is 0 Å². The van der Waals surface area contributed by atoms with E-state index in [2.05, 4.69) is 0 Å². The van der Waals surface area contributed by atoms with Gasteiger partial charge in [-0.25, -0.2) is 0 Å². The summed E-state index contributed by atoms with van der Waals surface area (Å²) in [5.41, 5.74) is 1.88. The van der Waals surface area contributed by atoms with Crippen LogP contribution in [0, 0.1) is 7.14 Å². The van der Waals surface area contributed by atoms with Gasteiger partial charge >= 0.3 is 0 Å². The van der Waals surface area contributed by atoms with E-state index >= 15 is 0 Å². The number of hydrogen-bond donors (Lipinski definition) is 2. The highest BCUT2D eigenvalue weighted by Crippen LogP contribution is 2.35. The average Bonchev–Trinajstić information content (AvgIpc) is 3.06. The number of aromatic hydroxyl groups is 2. The number of carbonyl (C=O) groups excluding carboxylic acids is 2. The molecule has 5 nitrogen and oxygen atoms in total. The number of aryl methyl sites for hydroxylation is 1. The van der Waals surface area contributed by atoms with Gasteiger partial charge in [0.05, 0.1) is 12.7 Å². The Labute approximate surface area is 208 Å². The maximum Gasteiger partial charge on any atom is 0.197 e. The van der Waals surface area contributed by atoms with Crippen LogP contribution in [0.2, 0.25) is 0 Å². The number of Topliss-reactive ketones (excluding diaryl/α,β-unsaturated/α-hetero) is 1. The van der Waals surface area contributed by atoms with Crippen LogP contribution in [-0.2, 0) is 17.6 Å². The Kier molecular flexibility index (Phi) is 8.01. The molecule has 0 saturated carbocycles. The fourth-order valence-electron chi connectivity index (χ4n) is 3.53. The summed E-state index contributed by atoms with van der Waals surface area (Å²) in [6, 6.07) is 6.50. The van der Waals surface area contributed by atoms with Gasteiger partial charge in [-0.3, -0.25) is 9.59 Å². The average molecular weight is 646 g/mol. The number of fused-ring (bicyclic) bond motifs is 1. The number of furan rings is 1. The molecular weight excluding hydrogens is 622 g/mol. The molecule has 1 aromatic heterocycles. The number of phenolic OH excluding ortho intramolecular Hbond substituents is 2. The highest BCUT2D eigenvalue weighted by Gasteiger charge is 2.24. The molecule has 0 spiro atoms. The van der Waals surface area contributed by atoms with Gasteiger partial charge < -0.3 is 14.6 Å². The SMILES string of the molecule is CCCCC(=O)Cc1cc2oc(CCC)c(C(=O)c3cc(I)c(O)c(I)c3)c2cc1O. The molecule has 0 atom stereocenters. The number of carbonyl (C=O) groups is 2. The lowest BCUT2D eigenvalue weighted by Gasteiger charge is -2.07. The summed E-state index contributed by atoms with van der Waals surface area (Å²) in [6.45, 7) is 4.03. The maximum absolute atomic E-state index is 13.4. The molecule has 2 N–H and O–H groups in total. The summed E-state index contributed by atoms with van der Waals surface area (Å²) in [5, 5.41) is 21.2. The van der Waals surface area contributed by atoms with E-state index in [4.69, 9.17) is 4.42 Å². The van der Waals surface area contributed by atoms with Gasteiger partial charge in [0.25, 0.3) is 0 Å². The summed E-state index contributed by atoms with van der Waals surface area (Å²) in [7, 11) is 0. The van der Waals surface area contributed by atoms with E-state index in [-0.39, 0.29) is 29.5 Å². The largest absolute Gasteiger partial charge is 0.508 e. The third kappa shape index (κ3) is 5.24. The monoisotopic (exact) mass is 646 g/mol. The number of rotatable bonds is 9. The fraction of sp³-hybridized carbons (Fsp3) is 0.333. The topological polar surface area (TPSA) is 87.7 Å². The zero-order valence-corrected chi connectivity index (χ0v) is 21.7. The van der Waals surface area contributed by atoms with Crippen molar-refractivity contribution in [2.45, 2.75) is 52.4 Å². The molecule has 0 aliphatic rings. The number of benzene rings is 2. The molecule has 7 heteroatoms. The lowest BCUT2D eigenvalue weighted by molar-refractivity contribution is -0.118. The quantitative estimate of drug-likeness (QED) is 0.204. The molecule has 0 radical (unpaired) electrons. The van der Waals surface area contributed by atoms with Crippen molar-refractivity contribution in [3.05, 3.63) is 53.9 Å². The zero-order valence-electron chi connectivity index (χ0n) is 17.4. The molecule has 0 bridgehead atoms. The van der Waals surface area contributed by atoms with Gasteiger partial charge in [-0.05, 0) is 82.3 Å². The van der Waals surface area contributed by atoms with Crippen molar-refractivity contribution < 1.29 is 24.2 Å². The second kappa shape index (κ2) is 10.3. The number of halogens is 2. The van der Waals surface area contributed by atoms with Crippen molar-refractivity contribution in [2.24, 2.45) is 0 Å². The van der Waals surface area contributed by atoms with Crippen LogP contribution in [-0.4, -0.2) is 21.8 Å². The molecule has 0 fully saturated rings. The Morgan fingerprint density at radius 2 is 1.68 bits per heavy atom. The van der Waals surface area contributed by atoms with Crippen LogP contribution >= 0.6 is 45.2 Å². The molecular formula is C24H24I2O5. The zero-order chi connectivity index (χ0) is 22.7. The van der Waals surface area contributed by atoms with Crippen LogP contribution in [0.3, 0.4) is 0 Å². The molecule has 31 heavy (non-hydrogen) atoms. The molecule has 0 unspecified atom stereocenters. The second-order valence-electron chi connectivity index (χ2n) is 7.56. The molecule has 0 saturated heterocycles. The van der Waals surface area contributed by atoms with Crippen molar-refractivity contribution in [3.63, 3.8) is 0 Å². The Balaban J connectivity index is 2.08. The second-order valence-corrected chi connectivity index (χ2v) is 9.89. The van der Waals surface area contributed by atoms with Gasteiger partial charge in [-0.1, -0.05) is 20.3 Å². The molecule has 0 amide bonds. The Morgan fingerprint density at radius 3 is 2.29 bits per heavy atom. The number of phenols is 2. The van der Waals surface area contributed by atoms with E-state index in [1.54, 1.807) is 18.2 Å². The van der Waals surface area contributed by atoms with Gasteiger partial charge in [0.1, 0.15) is 28.6 Å². The van der Waals surface area contributed by atoms with E-state index in [1.807, 2.05) is 59.0 Å². The summed E-state index contributed by atoms with van der Waals surface area (Å²) in [4.78, 5) is 25.6. The summed E-state index contributed by atoms with van der Waals surface area (Å²) in [5.74, 6) is 0.559. The minimum atomic E-state index is -0.218. The van der Waals surface area contributed by atoms with Crippen LogP contribution < -0.4 is 0 Å². The highest BCUT2D eigenvalue weighted by molar-refractivity contribution is 14.1. The first-order chi connectivity index (χ1) is 14.8. The first-order valence-corrected chi connectivity index (χ1v) is 12.4. The third-order valence-electron chi connectivity index (χ3n) is 5.14. The third-order valence-corrected chi connectivity index (χ3v) is 6.79. The number of unbranched alkanes of at least 4 members (excludes halogenated alkanes) is 1. The van der Waals surface area contributed by atoms with E-state index in [0.29, 0.717) is 53.4 Å². The van der Waals surface area contributed by atoms with E-state index < -0.39 is 0 Å². The maximum atomic E-state index is 13.4. The van der Waals surface area contributed by atoms with Crippen molar-refractivity contribution >= 4 is 67.7 Å². The molecule has 164 valence electrons. The predicted octanol–water partition coefficient (Wildman–Crippen LogP) is 6.54. The molecule has 2 aromatic carbocycles. The molecule has 0 aliphatic carbocycles. The first kappa shape index (κ1) is 24.0. The van der Waals surface area contributed by atoms with Crippen LogP contribution in [0.1, 0.15) is 66.8 Å². The molecule has 3 aromatic rings. The van der Waals surface area contributed by atoms with Crippen LogP contribution in [0.15, 0.2) is 28.7 Å². The Hall–Kier alpha value is -1.62. The Morgan fingerprint density at radius 1 is 1.00 bits per heavy atom. The minimum absolute atomic E-state index is 0.00915. The first-order valence-electron chi connectivity index (χ1n) is 10.3. The molecule has 0 aliphatic heterocycles. The van der Waals surface area contributed by atoms with Gasteiger partial charge in [0, 0.05) is 35.8 Å². The van der Waals surface area contributed by atoms with E-state index in [9.17, 15) is 19.8 Å². The van der Waals surface area contributed by atoms with Gasteiger partial charge in [-0.2, -0.15) is 0 Å². The van der Waals surface area contributed by atoms with Crippen molar-refractivity contribution in [1.82, 2.24) is 0 Å². The predicted molar refractivity (Wildman–Crippen MR) is 137 cm³/mol. The molecule has 1 heterocycles. The highest BCUT2D eigenvalue weighted by atomic mass is 127. The summed E-state index contributed by atoms with van der Waals surface area (Å²) < 4.78 is 7.21. The smallest absolute Gasteiger partial charge is 0.197 e. The minimum Gasteiger partial charge on any atom is -0.508 e. The van der Waals surface area contributed by atoms with Crippen molar-refractivity contribution in [2.75, 3.05) is 0 Å². The lowest BCUT2D eigenvalue weighted by Crippen LogP contribution is -2.05. The Bertz CT molecular complexity index is 1120. The van der Waals surface area contributed by atoms with Gasteiger partial charge in [0.15, 0.2) is 5.78 Å². The number of hydrogen-bond acceptors (Lipinski definition) is 5. The van der Waals surface area contributed by atoms with Gasteiger partial charge in [-0.15, -0.1) is 0 Å². The lowest BCUT2D eigenvalue weighted by atomic mass is 9.96. The fourth-order valence-corrected chi connectivity index (χ4v) is 5.30.